The Balaban J connectivity index is 1.14. The second-order valence-electron chi connectivity index (χ2n) is 13.8. The first-order valence-electron chi connectivity index (χ1n) is 17.0. The number of rotatable bonds is 10. The Hall–Kier alpha value is -3.53. The van der Waals surface area contributed by atoms with Gasteiger partial charge in [0.05, 0.1) is 17.9 Å². The predicted octanol–water partition coefficient (Wildman–Crippen LogP) is 4.66. The molecule has 250 valence electrons. The van der Waals surface area contributed by atoms with Crippen molar-refractivity contribution in [2.24, 2.45) is 11.8 Å². The maximum atomic E-state index is 13.8. The van der Waals surface area contributed by atoms with Gasteiger partial charge in [-0.25, -0.2) is 8.42 Å². The van der Waals surface area contributed by atoms with Crippen LogP contribution in [0.1, 0.15) is 55.2 Å². The summed E-state index contributed by atoms with van der Waals surface area (Å²) in [6, 6.07) is 26.5. The molecular weight excluding hydrogens is 611 g/mol. The van der Waals surface area contributed by atoms with E-state index in [9.17, 15) is 23.1 Å². The van der Waals surface area contributed by atoms with E-state index < -0.39 is 15.4 Å². The van der Waals surface area contributed by atoms with Gasteiger partial charge in [0, 0.05) is 56.9 Å². The first-order chi connectivity index (χ1) is 22.6. The highest BCUT2D eigenvalue weighted by atomic mass is 32.2. The van der Waals surface area contributed by atoms with Gasteiger partial charge >= 0.3 is 0 Å². The SMILES string of the molecule is CS(=O)(=O)c1ccc(CC(=O)N(Cc2ccccc2)C2CCN(C[C@H]3CN(C(=O)C4CCCC4)C[C@]3(O)c3ccccc3)CC2)cc1. The minimum atomic E-state index is -3.31. The zero-order chi connectivity index (χ0) is 33.0. The standard InChI is InChI=1S/C38H47N3O5S/c1-47(45,46)35-18-16-29(17-19-35)24-36(42)41(25-30-10-4-2-5-11-30)34-20-22-39(23-21-34)26-33-27-40(37(43)31-12-8-9-13-31)28-38(33,44)32-14-6-3-7-15-32/h2-7,10-11,14-19,31,33-34,44H,8-9,12-13,20-28H2,1H3/t33-,38-/m0/s1. The lowest BCUT2D eigenvalue weighted by atomic mass is 9.83. The Morgan fingerprint density at radius 3 is 2.09 bits per heavy atom. The second-order valence-corrected chi connectivity index (χ2v) is 15.8. The van der Waals surface area contributed by atoms with Gasteiger partial charge < -0.3 is 19.8 Å². The van der Waals surface area contributed by atoms with E-state index in [1.54, 1.807) is 24.3 Å². The number of hydrogen-bond acceptors (Lipinski definition) is 6. The van der Waals surface area contributed by atoms with Crippen molar-refractivity contribution >= 4 is 21.7 Å². The number of carbonyl (C=O) groups excluding carboxylic acids is 2. The fourth-order valence-electron chi connectivity index (χ4n) is 7.82. The highest BCUT2D eigenvalue weighted by Crippen LogP contribution is 2.40. The van der Waals surface area contributed by atoms with E-state index in [1.165, 1.54) is 6.26 Å². The predicted molar refractivity (Wildman–Crippen MR) is 182 cm³/mol. The summed E-state index contributed by atoms with van der Waals surface area (Å²) in [7, 11) is -3.31. The normalized spacial score (nSPS) is 22.9. The lowest BCUT2D eigenvalue weighted by Gasteiger charge is -2.41. The molecule has 0 radical (unpaired) electrons. The summed E-state index contributed by atoms with van der Waals surface area (Å²) in [5.74, 6) is 0.188. The monoisotopic (exact) mass is 657 g/mol. The van der Waals surface area contributed by atoms with Crippen molar-refractivity contribution in [3.8, 4) is 0 Å². The fraction of sp³-hybridized carbons (Fsp3) is 0.474. The number of likely N-dealkylation sites (tertiary alicyclic amines) is 2. The summed E-state index contributed by atoms with van der Waals surface area (Å²) in [6.45, 7) is 3.68. The Labute approximate surface area is 279 Å². The van der Waals surface area contributed by atoms with Crippen molar-refractivity contribution in [1.82, 2.24) is 14.7 Å². The van der Waals surface area contributed by atoms with E-state index in [-0.39, 0.29) is 41.0 Å². The number of aliphatic hydroxyl groups is 1. The molecule has 9 heteroatoms. The third-order valence-electron chi connectivity index (χ3n) is 10.5. The highest BCUT2D eigenvalue weighted by Gasteiger charge is 2.49. The quantitative estimate of drug-likeness (QED) is 0.341. The first kappa shape index (κ1) is 33.4. The zero-order valence-electron chi connectivity index (χ0n) is 27.3. The van der Waals surface area contributed by atoms with Crippen molar-refractivity contribution in [1.29, 1.82) is 0 Å². The molecule has 3 aromatic carbocycles. The molecular formula is C38H47N3O5S. The third kappa shape index (κ3) is 7.79. The molecule has 2 saturated heterocycles. The Morgan fingerprint density at radius 1 is 0.851 bits per heavy atom. The number of β-amino-alcohol motifs (C(OH)–C–C–N with tert-alkyl or cyclic N) is 1. The van der Waals surface area contributed by atoms with Gasteiger partial charge in [0.2, 0.25) is 11.8 Å². The van der Waals surface area contributed by atoms with Gasteiger partial charge in [-0.1, -0.05) is 85.6 Å². The van der Waals surface area contributed by atoms with Crippen LogP contribution in [0.3, 0.4) is 0 Å². The lowest BCUT2D eigenvalue weighted by molar-refractivity contribution is -0.135. The number of carbonyl (C=O) groups is 2. The van der Waals surface area contributed by atoms with Gasteiger partial charge in [0.1, 0.15) is 5.60 Å². The molecule has 6 rings (SSSR count). The van der Waals surface area contributed by atoms with Crippen LogP contribution in [0.4, 0.5) is 0 Å². The molecule has 1 saturated carbocycles. The van der Waals surface area contributed by atoms with Crippen LogP contribution in [0.5, 0.6) is 0 Å². The van der Waals surface area contributed by atoms with Crippen LogP contribution in [0.2, 0.25) is 0 Å². The van der Waals surface area contributed by atoms with Crippen LogP contribution in [-0.4, -0.2) is 85.1 Å². The molecule has 8 nitrogen and oxygen atoms in total. The van der Waals surface area contributed by atoms with Crippen LogP contribution in [-0.2, 0) is 38.0 Å². The Morgan fingerprint density at radius 2 is 1.47 bits per heavy atom. The molecule has 2 amide bonds. The molecule has 3 aromatic rings. The minimum absolute atomic E-state index is 0.0229. The average molecular weight is 658 g/mol. The number of nitrogens with zero attached hydrogens (tertiary/aromatic N) is 3. The average Bonchev–Trinajstić information content (AvgIpc) is 3.74. The van der Waals surface area contributed by atoms with Gasteiger partial charge in [0.25, 0.3) is 0 Å². The Kier molecular flexibility index (Phi) is 10.2. The largest absolute Gasteiger partial charge is 0.383 e. The molecule has 0 spiro atoms. The molecule has 0 bridgehead atoms. The number of sulfone groups is 1. The summed E-state index contributed by atoms with van der Waals surface area (Å²) >= 11 is 0. The second kappa shape index (κ2) is 14.3. The summed E-state index contributed by atoms with van der Waals surface area (Å²) in [6.07, 6.45) is 7.11. The molecule has 3 fully saturated rings. The van der Waals surface area contributed by atoms with E-state index in [0.717, 1.165) is 68.3 Å². The summed E-state index contributed by atoms with van der Waals surface area (Å²) < 4.78 is 23.8. The topological polar surface area (TPSA) is 98.2 Å². The summed E-state index contributed by atoms with van der Waals surface area (Å²) in [4.78, 5) is 33.9. The lowest BCUT2D eigenvalue weighted by Crippen LogP contribution is -2.50. The molecule has 1 aliphatic carbocycles. The van der Waals surface area contributed by atoms with Gasteiger partial charge in [-0.3, -0.25) is 9.59 Å². The summed E-state index contributed by atoms with van der Waals surface area (Å²) in [5, 5.41) is 12.2. The van der Waals surface area contributed by atoms with Crippen molar-refractivity contribution in [2.75, 3.05) is 39.0 Å². The van der Waals surface area contributed by atoms with Crippen LogP contribution in [0, 0.1) is 11.8 Å². The number of benzene rings is 3. The van der Waals surface area contributed by atoms with Gasteiger partial charge in [-0.05, 0) is 54.5 Å². The summed E-state index contributed by atoms with van der Waals surface area (Å²) in [5.41, 5.74) is 1.62. The zero-order valence-corrected chi connectivity index (χ0v) is 28.2. The Bertz CT molecular complexity index is 1620. The smallest absolute Gasteiger partial charge is 0.227 e. The molecule has 0 aromatic heterocycles. The van der Waals surface area contributed by atoms with Crippen molar-refractivity contribution < 1.29 is 23.1 Å². The van der Waals surface area contributed by atoms with Crippen LogP contribution < -0.4 is 0 Å². The van der Waals surface area contributed by atoms with Gasteiger partial charge in [-0.15, -0.1) is 0 Å². The molecule has 2 aliphatic heterocycles. The van der Waals surface area contributed by atoms with Gasteiger partial charge in [0.15, 0.2) is 9.84 Å². The molecule has 47 heavy (non-hydrogen) atoms. The van der Waals surface area contributed by atoms with Crippen LogP contribution >= 0.6 is 0 Å². The molecule has 2 atom stereocenters. The van der Waals surface area contributed by atoms with Crippen LogP contribution in [0.25, 0.3) is 0 Å². The van der Waals surface area contributed by atoms with E-state index in [2.05, 4.69) is 4.90 Å². The van der Waals surface area contributed by atoms with Crippen molar-refractivity contribution in [3.05, 3.63) is 102 Å². The first-order valence-corrected chi connectivity index (χ1v) is 18.9. The third-order valence-corrected chi connectivity index (χ3v) is 11.7. The van der Waals surface area contributed by atoms with Crippen molar-refractivity contribution in [3.63, 3.8) is 0 Å². The number of hydrogen-bond donors (Lipinski definition) is 1. The van der Waals surface area contributed by atoms with E-state index >= 15 is 0 Å². The van der Waals surface area contributed by atoms with Gasteiger partial charge in [-0.2, -0.15) is 0 Å². The molecule has 0 unspecified atom stereocenters. The van der Waals surface area contributed by atoms with E-state index in [0.29, 0.717) is 26.2 Å². The maximum absolute atomic E-state index is 13.8. The van der Waals surface area contributed by atoms with E-state index in [4.69, 9.17) is 0 Å². The minimum Gasteiger partial charge on any atom is -0.383 e. The fourth-order valence-corrected chi connectivity index (χ4v) is 8.45. The van der Waals surface area contributed by atoms with Crippen LogP contribution in [0.15, 0.2) is 89.8 Å². The van der Waals surface area contributed by atoms with E-state index in [1.807, 2.05) is 70.5 Å². The number of piperidine rings is 1. The van der Waals surface area contributed by atoms with Crippen molar-refractivity contribution in [2.45, 2.75) is 68.0 Å². The highest BCUT2D eigenvalue weighted by molar-refractivity contribution is 7.90. The molecule has 3 aliphatic rings. The maximum Gasteiger partial charge on any atom is 0.227 e. The molecule has 1 N–H and O–H groups in total. The number of amides is 2. The molecule has 2 heterocycles.